The number of hydrogen-bond acceptors (Lipinski definition) is 21. The summed E-state index contributed by atoms with van der Waals surface area (Å²) < 4.78 is 0. The largest absolute Gasteiger partial charge is 2.00 e. The molecule has 0 aromatic carbocycles. The molecule has 0 fully saturated rings. The van der Waals surface area contributed by atoms with Gasteiger partial charge >= 0.3 is 49.5 Å². The number of hydrogen-bond donors (Lipinski definition) is 6. The molecule has 0 saturated heterocycles. The first-order chi connectivity index (χ1) is 19.8. The first-order valence-electron chi connectivity index (χ1n) is 7.95. The summed E-state index contributed by atoms with van der Waals surface area (Å²) in [6, 6.07) is 0. The van der Waals surface area contributed by atoms with Gasteiger partial charge < -0.3 is 77.2 Å². The minimum absolute atomic E-state index is 0. The third-order valence-corrected chi connectivity index (χ3v) is 2.29. The van der Waals surface area contributed by atoms with Crippen LogP contribution in [0, 0.1) is 10.8 Å². The number of aliphatic hydroxyl groups excluding tert-OH is 6. The van der Waals surface area contributed by atoms with Crippen LogP contribution in [-0.4, -0.2) is 131 Å². The van der Waals surface area contributed by atoms with Gasteiger partial charge in [0.2, 0.25) is 0 Å². The second-order valence-corrected chi connectivity index (χ2v) is 5.91. The SMILES string of the molecule is CC(CO)(CO)CO.CC(CO)(CO)CO.[C]=O.[C]=O.[C]=O.[C]=O.[C]=O.[C]=O.[C]=O.[C]=O.[C]=O.[Ni+2].[Ni+2].[Ni+2].[O-]P([O-])[O-].[O-]P([O-])[O-]. The maximum Gasteiger partial charge on any atom is 2.00 e. The summed E-state index contributed by atoms with van der Waals surface area (Å²) in [6.07, 6.45) is 0. The Labute approximate surface area is 294 Å². The minimum Gasteiger partial charge on any atom is -0.854 e. The van der Waals surface area contributed by atoms with Crippen LogP contribution in [0.25, 0.3) is 0 Å². The van der Waals surface area contributed by atoms with Gasteiger partial charge in [0, 0.05) is 10.8 Å². The van der Waals surface area contributed by atoms with Crippen LogP contribution in [0.1, 0.15) is 13.8 Å². The van der Waals surface area contributed by atoms with E-state index in [9.17, 15) is 0 Å². The predicted octanol–water partition coefficient (Wildman–Crippen LogP) is -11.1. The molecule has 18 radical (unpaired) electrons. The molecule has 45 heavy (non-hydrogen) atoms. The molecule has 0 rings (SSSR count). The standard InChI is InChI=1S/2C5H12O3.9CO.3Ni.2O3P/c2*1-5(2-6,3-7)4-8;9*1-2;;;;2*1-4(2)3/h2*6-8H,2-4H2,1H3;;;;;;;;;;;;;;/q;;;;;;;;;;;3*+2;2*-3. The van der Waals surface area contributed by atoms with Gasteiger partial charge in [0.15, 0.2) is 0 Å². The predicted molar refractivity (Wildman–Crippen MR) is 124 cm³/mol. The van der Waals surface area contributed by atoms with Gasteiger partial charge in [0.1, 0.15) is 0 Å². The molecule has 266 valence electrons. The van der Waals surface area contributed by atoms with Gasteiger partial charge in [-0.3, -0.25) is 43.2 Å². The maximum atomic E-state index is 8.48. The van der Waals surface area contributed by atoms with Crippen LogP contribution in [-0.2, 0) is 92.6 Å². The average molecular weight is 826 g/mol. The Morgan fingerprint density at radius 3 is 0.400 bits per heavy atom. The molecule has 0 aliphatic carbocycles. The van der Waals surface area contributed by atoms with Crippen molar-refractivity contribution in [3.63, 3.8) is 0 Å². The van der Waals surface area contributed by atoms with Crippen molar-refractivity contribution in [2.45, 2.75) is 13.8 Å². The minimum atomic E-state index is -3.37. The zero-order valence-corrected chi connectivity index (χ0v) is 27.1. The summed E-state index contributed by atoms with van der Waals surface area (Å²) in [6.45, 7) is 42.6. The monoisotopic (exact) mass is 824 g/mol. The Bertz CT molecular complexity index is 310. The van der Waals surface area contributed by atoms with Crippen molar-refractivity contribution >= 4 is 78.3 Å². The van der Waals surface area contributed by atoms with Crippen molar-refractivity contribution in [1.29, 1.82) is 0 Å². The third-order valence-electron chi connectivity index (χ3n) is 2.29. The van der Waals surface area contributed by atoms with Crippen molar-refractivity contribution in [3.8, 4) is 0 Å². The Balaban J connectivity index is -0.0000000152. The van der Waals surface area contributed by atoms with Crippen molar-refractivity contribution < 1.29 is 153 Å². The zero-order valence-electron chi connectivity index (χ0n) is 22.4. The van der Waals surface area contributed by atoms with Gasteiger partial charge in [0.25, 0.3) is 61.1 Å². The first-order valence-corrected chi connectivity index (χ1v) is 10.1. The van der Waals surface area contributed by atoms with Crippen LogP contribution >= 0.6 is 17.2 Å². The molecule has 0 amide bonds. The summed E-state index contributed by atoms with van der Waals surface area (Å²) in [5, 5.41) is 50.8. The second-order valence-electron chi connectivity index (χ2n) is 5.02. The van der Waals surface area contributed by atoms with Crippen molar-refractivity contribution in [2.75, 3.05) is 39.6 Å². The van der Waals surface area contributed by atoms with E-state index < -0.39 is 28.0 Å². The van der Waals surface area contributed by atoms with E-state index in [-0.39, 0.29) is 89.1 Å². The summed E-state index contributed by atoms with van der Waals surface area (Å²) in [5.74, 6) is 0. The van der Waals surface area contributed by atoms with Crippen molar-refractivity contribution in [2.24, 2.45) is 10.8 Å². The molecule has 0 bridgehead atoms. The summed E-state index contributed by atoms with van der Waals surface area (Å²) in [5.41, 5.74) is -1.42. The van der Waals surface area contributed by atoms with Crippen molar-refractivity contribution in [1.82, 2.24) is 0 Å². The molecule has 0 unspecified atom stereocenters. The van der Waals surface area contributed by atoms with Crippen LogP contribution in [0.15, 0.2) is 0 Å². The molecule has 0 aromatic rings. The van der Waals surface area contributed by atoms with Gasteiger partial charge in [-0.15, -0.1) is 0 Å². The molecular formula is C19H24Ni3O21P2. The second kappa shape index (κ2) is 144. The molecule has 0 saturated carbocycles. The number of aliphatic hydroxyl groups is 6. The van der Waals surface area contributed by atoms with Crippen LogP contribution < -0.4 is 29.4 Å². The zero-order chi connectivity index (χ0) is 38.4. The fourth-order valence-electron chi connectivity index (χ4n) is 0.300. The summed E-state index contributed by atoms with van der Waals surface area (Å²) in [7, 11) is -6.74. The fourth-order valence-corrected chi connectivity index (χ4v) is 0.300. The molecule has 26 heteroatoms. The van der Waals surface area contributed by atoms with E-state index in [1.165, 1.54) is 0 Å². The summed E-state index contributed by atoms with van der Waals surface area (Å²) in [4.78, 5) is 118. The third kappa shape index (κ3) is 251. The molecular weight excluding hydrogens is 802 g/mol. The maximum absolute atomic E-state index is 8.48. The van der Waals surface area contributed by atoms with Gasteiger partial charge in [-0.25, -0.2) is 0 Å². The fraction of sp³-hybridized carbons (Fsp3) is 0.526. The smallest absolute Gasteiger partial charge is 0.854 e. The number of rotatable bonds is 6. The van der Waals surface area contributed by atoms with Gasteiger partial charge in [-0.05, 0) is 0 Å². The van der Waals surface area contributed by atoms with Gasteiger partial charge in [0.05, 0.1) is 39.6 Å². The van der Waals surface area contributed by atoms with E-state index in [2.05, 4.69) is 61.1 Å². The normalized spacial score (nSPS) is 6.67. The molecule has 0 atom stereocenters. The van der Waals surface area contributed by atoms with Crippen LogP contribution in [0.4, 0.5) is 0 Å². The van der Waals surface area contributed by atoms with E-state index in [1.54, 1.807) is 13.8 Å². The van der Waals surface area contributed by atoms with Gasteiger partial charge in [-0.2, -0.15) is 0 Å². The molecule has 0 spiro atoms. The molecule has 0 aliphatic heterocycles. The Hall–Kier alpha value is -1.11. The molecule has 0 aromatic heterocycles. The molecule has 0 heterocycles. The van der Waals surface area contributed by atoms with Crippen LogP contribution in [0.2, 0.25) is 0 Å². The molecule has 6 N–H and O–H groups in total. The van der Waals surface area contributed by atoms with Crippen molar-refractivity contribution in [3.05, 3.63) is 0 Å². The topological polar surface area (TPSA) is 413 Å². The molecule has 0 aliphatic rings. The van der Waals surface area contributed by atoms with E-state index in [0.717, 1.165) is 0 Å². The van der Waals surface area contributed by atoms with E-state index in [0.29, 0.717) is 0 Å². The Morgan fingerprint density at radius 2 is 0.400 bits per heavy atom. The Morgan fingerprint density at radius 1 is 0.356 bits per heavy atom. The average Bonchev–Trinajstić information content (AvgIpc) is 3.08. The molecule has 21 nitrogen and oxygen atoms in total. The van der Waals surface area contributed by atoms with E-state index in [1.807, 2.05) is 0 Å². The van der Waals surface area contributed by atoms with Crippen LogP contribution in [0.5, 0.6) is 0 Å². The summed E-state index contributed by atoms with van der Waals surface area (Å²) >= 11 is 0. The Kier molecular flexibility index (Phi) is 331. The quantitative estimate of drug-likeness (QED) is 0.107. The van der Waals surface area contributed by atoms with Crippen LogP contribution in [0.3, 0.4) is 0 Å². The van der Waals surface area contributed by atoms with E-state index in [4.69, 9.17) is 103 Å². The van der Waals surface area contributed by atoms with Gasteiger partial charge in [-0.1, -0.05) is 13.8 Å². The first kappa shape index (κ1) is 104. The van der Waals surface area contributed by atoms with E-state index >= 15 is 0 Å². The number of carbonyl (C=O) groups excluding carboxylic acids is 9.